The molecule has 0 unspecified atom stereocenters. The molecule has 0 saturated carbocycles. The van der Waals surface area contributed by atoms with Crippen LogP contribution in [0.5, 0.6) is 0 Å². The van der Waals surface area contributed by atoms with Crippen LogP contribution in [0.25, 0.3) is 0 Å². The SMILES string of the molecule is CC(C)O[P@](C)(=O)CN1CCN(C[P@@](C)(=O)OC(C)C)CC1. The first-order valence-corrected chi connectivity index (χ1v) is 12.4. The molecule has 0 aromatic carbocycles. The number of piperazine rings is 1. The van der Waals surface area contributed by atoms with Crippen molar-refractivity contribution in [2.24, 2.45) is 0 Å². The summed E-state index contributed by atoms with van der Waals surface area (Å²) >= 11 is 0. The fraction of sp³-hybridized carbons (Fsp3) is 1.00. The van der Waals surface area contributed by atoms with Crippen LogP contribution in [0.2, 0.25) is 0 Å². The van der Waals surface area contributed by atoms with E-state index in [0.29, 0.717) is 12.6 Å². The van der Waals surface area contributed by atoms with Gasteiger partial charge in [0.25, 0.3) is 0 Å². The molecule has 0 aromatic heterocycles. The molecule has 0 radical (unpaired) electrons. The van der Waals surface area contributed by atoms with Crippen molar-refractivity contribution in [1.82, 2.24) is 9.80 Å². The van der Waals surface area contributed by atoms with Crippen LogP contribution < -0.4 is 0 Å². The highest BCUT2D eigenvalue weighted by atomic mass is 31.2. The summed E-state index contributed by atoms with van der Waals surface area (Å²) in [5.41, 5.74) is 0. The zero-order chi connectivity index (χ0) is 17.0. The monoisotopic (exact) mass is 354 g/mol. The van der Waals surface area contributed by atoms with Crippen molar-refractivity contribution in [2.75, 3.05) is 52.1 Å². The third kappa shape index (κ3) is 8.24. The molecular formula is C14H32N2O4P2. The highest BCUT2D eigenvalue weighted by Crippen LogP contribution is 2.46. The van der Waals surface area contributed by atoms with Gasteiger partial charge in [0, 0.05) is 39.5 Å². The molecule has 0 aliphatic carbocycles. The number of nitrogens with zero attached hydrogens (tertiary/aromatic N) is 2. The Balaban J connectivity index is 2.40. The van der Waals surface area contributed by atoms with Gasteiger partial charge in [0.05, 0.1) is 24.8 Å². The summed E-state index contributed by atoms with van der Waals surface area (Å²) < 4.78 is 35.8. The van der Waals surface area contributed by atoms with Crippen molar-refractivity contribution < 1.29 is 18.2 Å². The van der Waals surface area contributed by atoms with E-state index in [9.17, 15) is 9.13 Å². The normalized spacial score (nSPS) is 23.6. The van der Waals surface area contributed by atoms with Crippen LogP contribution in [0.1, 0.15) is 27.7 Å². The van der Waals surface area contributed by atoms with Crippen molar-refractivity contribution >= 4 is 14.7 Å². The maximum atomic E-state index is 12.4. The fourth-order valence-corrected chi connectivity index (χ4v) is 6.69. The van der Waals surface area contributed by atoms with Crippen LogP contribution in [-0.4, -0.2) is 74.1 Å². The lowest BCUT2D eigenvalue weighted by Crippen LogP contribution is -2.46. The van der Waals surface area contributed by atoms with Gasteiger partial charge in [-0.2, -0.15) is 0 Å². The summed E-state index contributed by atoms with van der Waals surface area (Å²) in [4.78, 5) is 4.34. The number of hydrogen-bond acceptors (Lipinski definition) is 6. The van der Waals surface area contributed by atoms with Gasteiger partial charge in [0.1, 0.15) is 0 Å². The van der Waals surface area contributed by atoms with Gasteiger partial charge in [-0.1, -0.05) is 0 Å². The van der Waals surface area contributed by atoms with Crippen LogP contribution in [0.15, 0.2) is 0 Å². The van der Waals surface area contributed by atoms with E-state index in [-0.39, 0.29) is 12.2 Å². The first kappa shape index (κ1) is 20.3. The van der Waals surface area contributed by atoms with Crippen LogP contribution in [-0.2, 0) is 18.2 Å². The van der Waals surface area contributed by atoms with Crippen molar-refractivity contribution in [1.29, 1.82) is 0 Å². The Bertz CT molecular complexity index is 395. The maximum absolute atomic E-state index is 12.4. The van der Waals surface area contributed by atoms with Gasteiger partial charge in [0.2, 0.25) is 14.7 Å². The average Bonchev–Trinajstić information content (AvgIpc) is 2.27. The van der Waals surface area contributed by atoms with Gasteiger partial charge in [-0.25, -0.2) is 0 Å². The molecule has 1 fully saturated rings. The summed E-state index contributed by atoms with van der Waals surface area (Å²) in [6.45, 7) is 14.3. The second-order valence-electron chi connectivity index (χ2n) is 6.86. The highest BCUT2D eigenvalue weighted by Gasteiger charge is 2.28. The Hall–Kier alpha value is 0.300. The summed E-state index contributed by atoms with van der Waals surface area (Å²) in [5, 5.41) is 0. The molecule has 132 valence electrons. The molecule has 0 aromatic rings. The summed E-state index contributed by atoms with van der Waals surface area (Å²) in [6.07, 6.45) is 0.948. The van der Waals surface area contributed by atoms with E-state index in [2.05, 4.69) is 9.80 Å². The largest absolute Gasteiger partial charge is 0.325 e. The second kappa shape index (κ2) is 8.41. The minimum Gasteiger partial charge on any atom is -0.325 e. The smallest absolute Gasteiger partial charge is 0.213 e. The highest BCUT2D eigenvalue weighted by molar-refractivity contribution is 7.58. The average molecular weight is 354 g/mol. The molecule has 2 atom stereocenters. The summed E-state index contributed by atoms with van der Waals surface area (Å²) in [7, 11) is -5.14. The molecule has 0 amide bonds. The van der Waals surface area contributed by atoms with E-state index < -0.39 is 14.7 Å². The van der Waals surface area contributed by atoms with Crippen LogP contribution in [0, 0.1) is 0 Å². The van der Waals surface area contributed by atoms with E-state index in [1.165, 1.54) is 0 Å². The predicted molar refractivity (Wildman–Crippen MR) is 92.4 cm³/mol. The molecular weight excluding hydrogens is 322 g/mol. The van der Waals surface area contributed by atoms with Gasteiger partial charge in [-0.05, 0) is 27.7 Å². The molecule has 1 heterocycles. The molecule has 0 spiro atoms. The lowest BCUT2D eigenvalue weighted by Gasteiger charge is -2.36. The van der Waals surface area contributed by atoms with Crippen LogP contribution >= 0.6 is 14.7 Å². The maximum Gasteiger partial charge on any atom is 0.213 e. The number of hydrogen-bond donors (Lipinski definition) is 0. The molecule has 22 heavy (non-hydrogen) atoms. The van der Waals surface area contributed by atoms with Gasteiger partial charge >= 0.3 is 0 Å². The van der Waals surface area contributed by atoms with Crippen LogP contribution in [0.3, 0.4) is 0 Å². The van der Waals surface area contributed by atoms with E-state index in [0.717, 1.165) is 26.2 Å². The van der Waals surface area contributed by atoms with Crippen molar-refractivity contribution in [2.45, 2.75) is 39.9 Å². The first-order valence-electron chi connectivity index (χ1n) is 7.94. The Morgan fingerprint density at radius 1 is 0.773 bits per heavy atom. The fourth-order valence-electron chi connectivity index (χ4n) is 2.76. The first-order chi connectivity index (χ1) is 9.99. The van der Waals surface area contributed by atoms with E-state index in [1.54, 1.807) is 13.3 Å². The van der Waals surface area contributed by atoms with E-state index >= 15 is 0 Å². The molecule has 8 heteroatoms. The van der Waals surface area contributed by atoms with Gasteiger partial charge < -0.3 is 9.05 Å². The van der Waals surface area contributed by atoms with Crippen molar-refractivity contribution in [3.63, 3.8) is 0 Å². The van der Waals surface area contributed by atoms with Crippen molar-refractivity contribution in [3.8, 4) is 0 Å². The zero-order valence-corrected chi connectivity index (χ0v) is 16.6. The zero-order valence-electron chi connectivity index (χ0n) is 14.8. The molecule has 0 N–H and O–H groups in total. The lowest BCUT2D eigenvalue weighted by atomic mass is 10.4. The quantitative estimate of drug-likeness (QED) is 0.624. The molecule has 1 aliphatic rings. The Kier molecular flexibility index (Phi) is 7.78. The minimum absolute atomic E-state index is 0.0173. The lowest BCUT2D eigenvalue weighted by molar-refractivity contribution is 0.148. The topological polar surface area (TPSA) is 59.1 Å². The van der Waals surface area contributed by atoms with Gasteiger partial charge in [-0.3, -0.25) is 18.9 Å². The predicted octanol–water partition coefficient (Wildman–Crippen LogP) is 3.18. The molecule has 1 saturated heterocycles. The molecule has 1 aliphatic heterocycles. The molecule has 1 rings (SSSR count). The van der Waals surface area contributed by atoms with Crippen LogP contribution in [0.4, 0.5) is 0 Å². The molecule has 0 bridgehead atoms. The summed E-state index contributed by atoms with van der Waals surface area (Å²) in [6, 6.07) is 0. The minimum atomic E-state index is -2.57. The van der Waals surface area contributed by atoms with Gasteiger partial charge in [0.15, 0.2) is 0 Å². The standard InChI is InChI=1S/C14H32N2O4P2/c1-13(2)19-21(5,17)11-15-7-9-16(10-8-15)12-22(6,18)20-14(3)4/h13-14H,7-12H2,1-6H3/t21-,22-/m0/s1. The number of rotatable bonds is 8. The van der Waals surface area contributed by atoms with E-state index in [1.807, 2.05) is 27.7 Å². The Labute approximate surface area is 135 Å². The Morgan fingerprint density at radius 2 is 1.05 bits per heavy atom. The Morgan fingerprint density at radius 3 is 1.27 bits per heavy atom. The molecule has 6 nitrogen and oxygen atoms in total. The van der Waals surface area contributed by atoms with Gasteiger partial charge in [-0.15, -0.1) is 0 Å². The van der Waals surface area contributed by atoms with Crippen molar-refractivity contribution in [3.05, 3.63) is 0 Å². The summed E-state index contributed by atoms with van der Waals surface area (Å²) in [5.74, 6) is 0. The second-order valence-corrected chi connectivity index (χ2v) is 11.9. The third-order valence-electron chi connectivity index (χ3n) is 3.25. The third-order valence-corrected chi connectivity index (χ3v) is 6.81. The van der Waals surface area contributed by atoms with E-state index in [4.69, 9.17) is 9.05 Å².